The highest BCUT2D eigenvalue weighted by atomic mass is 16.5. The lowest BCUT2D eigenvalue weighted by Gasteiger charge is -2.16. The SMILES string of the molecule is COc1ccc(OCCn2ccc(=O)c(OCCOc3cccc4ccccc34)c2C)cc1. The number of hydrogen-bond acceptors (Lipinski definition) is 5. The summed E-state index contributed by atoms with van der Waals surface area (Å²) in [5.41, 5.74) is 0.607. The van der Waals surface area contributed by atoms with Gasteiger partial charge in [0.1, 0.15) is 37.1 Å². The fraction of sp³-hybridized carbons (Fsp3) is 0.222. The number of benzene rings is 3. The van der Waals surface area contributed by atoms with E-state index in [9.17, 15) is 4.79 Å². The fourth-order valence-electron chi connectivity index (χ4n) is 3.62. The van der Waals surface area contributed by atoms with Crippen LogP contribution in [-0.4, -0.2) is 31.5 Å². The molecular weight excluding hydrogens is 418 g/mol. The Kier molecular flexibility index (Phi) is 7.15. The number of pyridine rings is 1. The van der Waals surface area contributed by atoms with Gasteiger partial charge in [-0.25, -0.2) is 0 Å². The number of aromatic nitrogens is 1. The van der Waals surface area contributed by atoms with Crippen LogP contribution in [0.3, 0.4) is 0 Å². The number of fused-ring (bicyclic) bond motifs is 1. The molecule has 0 amide bonds. The summed E-state index contributed by atoms with van der Waals surface area (Å²) in [6.07, 6.45) is 1.76. The van der Waals surface area contributed by atoms with Gasteiger partial charge in [-0.2, -0.15) is 0 Å². The molecule has 0 saturated heterocycles. The van der Waals surface area contributed by atoms with Crippen molar-refractivity contribution >= 4 is 10.8 Å². The number of ether oxygens (including phenoxy) is 4. The molecule has 0 aliphatic heterocycles. The molecule has 6 nitrogen and oxygen atoms in total. The second-order valence-electron chi connectivity index (χ2n) is 7.49. The normalized spacial score (nSPS) is 10.7. The van der Waals surface area contributed by atoms with Crippen molar-refractivity contribution in [2.24, 2.45) is 0 Å². The minimum atomic E-state index is -0.148. The first kappa shape index (κ1) is 22.3. The summed E-state index contributed by atoms with van der Waals surface area (Å²) in [5, 5.41) is 2.17. The summed E-state index contributed by atoms with van der Waals surface area (Å²) in [6.45, 7) is 3.52. The predicted molar refractivity (Wildman–Crippen MR) is 129 cm³/mol. The van der Waals surface area contributed by atoms with E-state index in [0.717, 1.165) is 33.7 Å². The van der Waals surface area contributed by atoms with E-state index >= 15 is 0 Å². The Hall–Kier alpha value is -3.93. The van der Waals surface area contributed by atoms with Gasteiger partial charge < -0.3 is 23.5 Å². The first-order chi connectivity index (χ1) is 16.2. The van der Waals surface area contributed by atoms with Crippen LogP contribution in [0.5, 0.6) is 23.0 Å². The van der Waals surface area contributed by atoms with Crippen molar-refractivity contribution in [1.29, 1.82) is 0 Å². The molecule has 4 aromatic rings. The van der Waals surface area contributed by atoms with Crippen LogP contribution in [0.1, 0.15) is 5.69 Å². The Balaban J connectivity index is 1.33. The van der Waals surface area contributed by atoms with Crippen LogP contribution in [0.15, 0.2) is 83.8 Å². The summed E-state index contributed by atoms with van der Waals surface area (Å²) in [4.78, 5) is 12.4. The van der Waals surface area contributed by atoms with Crippen LogP contribution in [-0.2, 0) is 6.54 Å². The van der Waals surface area contributed by atoms with Crippen LogP contribution in [0.2, 0.25) is 0 Å². The van der Waals surface area contributed by atoms with Gasteiger partial charge in [0.05, 0.1) is 19.3 Å². The van der Waals surface area contributed by atoms with Crippen molar-refractivity contribution in [3.63, 3.8) is 0 Å². The van der Waals surface area contributed by atoms with Crippen molar-refractivity contribution in [3.8, 4) is 23.0 Å². The van der Waals surface area contributed by atoms with Gasteiger partial charge in [0.15, 0.2) is 5.75 Å². The Labute approximate surface area is 192 Å². The maximum Gasteiger partial charge on any atom is 0.223 e. The highest BCUT2D eigenvalue weighted by Crippen LogP contribution is 2.25. The van der Waals surface area contributed by atoms with E-state index in [1.165, 1.54) is 6.07 Å². The summed E-state index contributed by atoms with van der Waals surface area (Å²) < 4.78 is 24.6. The van der Waals surface area contributed by atoms with Crippen LogP contribution in [0, 0.1) is 6.92 Å². The molecule has 0 aliphatic rings. The number of rotatable bonds is 10. The quantitative estimate of drug-likeness (QED) is 0.327. The third-order valence-corrected chi connectivity index (χ3v) is 5.39. The molecule has 1 heterocycles. The van der Waals surface area contributed by atoms with Crippen LogP contribution in [0.4, 0.5) is 0 Å². The fourth-order valence-corrected chi connectivity index (χ4v) is 3.62. The van der Waals surface area contributed by atoms with E-state index in [2.05, 4.69) is 0 Å². The van der Waals surface area contributed by atoms with E-state index in [0.29, 0.717) is 25.5 Å². The molecule has 3 aromatic carbocycles. The largest absolute Gasteiger partial charge is 0.497 e. The van der Waals surface area contributed by atoms with Crippen LogP contribution in [0.25, 0.3) is 10.8 Å². The zero-order valence-corrected chi connectivity index (χ0v) is 18.8. The molecule has 6 heteroatoms. The van der Waals surface area contributed by atoms with Crippen LogP contribution < -0.4 is 24.4 Å². The maximum absolute atomic E-state index is 12.4. The average molecular weight is 446 g/mol. The van der Waals surface area contributed by atoms with Gasteiger partial charge in [0, 0.05) is 17.6 Å². The third kappa shape index (κ3) is 5.47. The monoisotopic (exact) mass is 445 g/mol. The lowest BCUT2D eigenvalue weighted by atomic mass is 10.1. The van der Waals surface area contributed by atoms with Gasteiger partial charge in [0.2, 0.25) is 5.43 Å². The second-order valence-corrected chi connectivity index (χ2v) is 7.49. The average Bonchev–Trinajstić information content (AvgIpc) is 2.85. The minimum Gasteiger partial charge on any atom is -0.497 e. The van der Waals surface area contributed by atoms with E-state index in [1.54, 1.807) is 13.3 Å². The lowest BCUT2D eigenvalue weighted by Crippen LogP contribution is -2.19. The zero-order chi connectivity index (χ0) is 23.0. The molecular formula is C27H27NO5. The van der Waals surface area contributed by atoms with Crippen molar-refractivity contribution in [1.82, 2.24) is 4.57 Å². The van der Waals surface area contributed by atoms with Crippen molar-refractivity contribution in [2.75, 3.05) is 26.9 Å². The third-order valence-electron chi connectivity index (χ3n) is 5.39. The zero-order valence-electron chi connectivity index (χ0n) is 18.8. The van der Waals surface area contributed by atoms with Gasteiger partial charge in [-0.05, 0) is 42.6 Å². The molecule has 1 aromatic heterocycles. The first-order valence-electron chi connectivity index (χ1n) is 10.9. The molecule has 4 rings (SSSR count). The highest BCUT2D eigenvalue weighted by Gasteiger charge is 2.09. The van der Waals surface area contributed by atoms with Crippen LogP contribution >= 0.6 is 0 Å². The Morgan fingerprint density at radius 1 is 0.758 bits per heavy atom. The molecule has 0 spiro atoms. The topological polar surface area (TPSA) is 58.9 Å². The number of nitrogens with zero attached hydrogens (tertiary/aromatic N) is 1. The minimum absolute atomic E-state index is 0.148. The van der Waals surface area contributed by atoms with E-state index in [4.69, 9.17) is 18.9 Å². The molecule has 33 heavy (non-hydrogen) atoms. The highest BCUT2D eigenvalue weighted by molar-refractivity contribution is 5.88. The molecule has 0 unspecified atom stereocenters. The van der Waals surface area contributed by atoms with E-state index in [1.807, 2.05) is 78.2 Å². The first-order valence-corrected chi connectivity index (χ1v) is 10.9. The smallest absolute Gasteiger partial charge is 0.223 e. The van der Waals surface area contributed by atoms with Crippen molar-refractivity contribution < 1.29 is 18.9 Å². The molecule has 0 fully saturated rings. The molecule has 0 bridgehead atoms. The maximum atomic E-state index is 12.4. The van der Waals surface area contributed by atoms with Gasteiger partial charge in [-0.1, -0.05) is 36.4 Å². The van der Waals surface area contributed by atoms with Gasteiger partial charge in [-0.15, -0.1) is 0 Å². The Morgan fingerprint density at radius 3 is 2.30 bits per heavy atom. The summed E-state index contributed by atoms with van der Waals surface area (Å²) >= 11 is 0. The van der Waals surface area contributed by atoms with E-state index in [-0.39, 0.29) is 12.0 Å². The van der Waals surface area contributed by atoms with Gasteiger partial charge in [-0.3, -0.25) is 4.79 Å². The Bertz CT molecular complexity index is 1260. The standard InChI is InChI=1S/C27H27NO5/c1-20-27(33-19-18-32-26-9-5-7-21-6-3-4-8-24(21)26)25(29)14-15-28(20)16-17-31-23-12-10-22(30-2)11-13-23/h3-15H,16-19H2,1-2H3. The molecule has 0 radical (unpaired) electrons. The second kappa shape index (κ2) is 10.6. The summed E-state index contributed by atoms with van der Waals surface area (Å²) in [5.74, 6) is 2.68. The molecule has 0 N–H and O–H groups in total. The predicted octanol–water partition coefficient (Wildman–Crippen LogP) is 4.86. The molecule has 0 atom stereocenters. The van der Waals surface area contributed by atoms with Gasteiger partial charge >= 0.3 is 0 Å². The molecule has 0 aliphatic carbocycles. The van der Waals surface area contributed by atoms with Crippen molar-refractivity contribution in [2.45, 2.75) is 13.5 Å². The van der Waals surface area contributed by atoms with Crippen molar-refractivity contribution in [3.05, 3.63) is 94.9 Å². The molecule has 170 valence electrons. The summed E-state index contributed by atoms with van der Waals surface area (Å²) in [6, 6.07) is 23.0. The lowest BCUT2D eigenvalue weighted by molar-refractivity contribution is 0.214. The molecule has 0 saturated carbocycles. The van der Waals surface area contributed by atoms with E-state index < -0.39 is 0 Å². The summed E-state index contributed by atoms with van der Waals surface area (Å²) in [7, 11) is 1.63. The number of hydrogen-bond donors (Lipinski definition) is 0. The Morgan fingerprint density at radius 2 is 1.48 bits per heavy atom. The number of methoxy groups -OCH3 is 1. The van der Waals surface area contributed by atoms with Gasteiger partial charge in [0.25, 0.3) is 0 Å².